The van der Waals surface area contributed by atoms with Gasteiger partial charge in [-0.05, 0) is 107 Å². The van der Waals surface area contributed by atoms with E-state index in [0.29, 0.717) is 17.5 Å². The molecular weight excluding hydrogens is 705 g/mol. The molecule has 11 rings (SSSR count). The Bertz CT molecular complexity index is 3330. The smallest absolute Gasteiger partial charge is 0.164 e. The third-order valence-electron chi connectivity index (χ3n) is 11.1. The van der Waals surface area contributed by atoms with E-state index in [1.165, 1.54) is 43.1 Å². The number of fused-ring (bicyclic) bond motifs is 8. The third-order valence-corrected chi connectivity index (χ3v) is 11.1. The third kappa shape index (κ3) is 5.87. The van der Waals surface area contributed by atoms with Gasteiger partial charge in [-0.15, -0.1) is 0 Å². The van der Waals surface area contributed by atoms with Gasteiger partial charge in [0.15, 0.2) is 17.5 Å². The minimum Gasteiger partial charge on any atom is -0.264 e. The fraction of sp³-hybridized carbons (Fsp3) is 0. The zero-order valence-electron chi connectivity index (χ0n) is 31.4. The van der Waals surface area contributed by atoms with Crippen molar-refractivity contribution in [3.05, 3.63) is 207 Å². The van der Waals surface area contributed by atoms with Gasteiger partial charge in [-0.25, -0.2) is 15.0 Å². The number of pyridine rings is 1. The molecule has 9 aromatic carbocycles. The molecule has 58 heavy (non-hydrogen) atoms. The van der Waals surface area contributed by atoms with Gasteiger partial charge >= 0.3 is 0 Å². The molecular formula is C54H34N4. The first-order valence-electron chi connectivity index (χ1n) is 19.5. The normalized spacial score (nSPS) is 11.4. The first-order chi connectivity index (χ1) is 28.7. The molecule has 0 aliphatic rings. The van der Waals surface area contributed by atoms with Crippen molar-refractivity contribution < 1.29 is 0 Å². The predicted octanol–water partition coefficient (Wildman–Crippen LogP) is 13.9. The molecule has 0 fully saturated rings. The van der Waals surface area contributed by atoms with Crippen LogP contribution in [-0.4, -0.2) is 19.9 Å². The highest BCUT2D eigenvalue weighted by Crippen LogP contribution is 2.44. The van der Waals surface area contributed by atoms with Gasteiger partial charge in [-0.3, -0.25) is 4.98 Å². The van der Waals surface area contributed by atoms with E-state index in [-0.39, 0.29) is 0 Å². The van der Waals surface area contributed by atoms with Crippen LogP contribution in [0.15, 0.2) is 207 Å². The van der Waals surface area contributed by atoms with E-state index >= 15 is 0 Å². The van der Waals surface area contributed by atoms with Gasteiger partial charge in [0.2, 0.25) is 0 Å². The molecule has 0 spiro atoms. The topological polar surface area (TPSA) is 51.6 Å². The summed E-state index contributed by atoms with van der Waals surface area (Å²) in [5.41, 5.74) is 9.24. The largest absolute Gasteiger partial charge is 0.264 e. The molecule has 0 atom stereocenters. The fourth-order valence-corrected chi connectivity index (χ4v) is 8.44. The maximum absolute atomic E-state index is 5.25. The van der Waals surface area contributed by atoms with Gasteiger partial charge in [0.25, 0.3) is 0 Å². The van der Waals surface area contributed by atoms with Crippen molar-refractivity contribution in [3.63, 3.8) is 0 Å². The Morgan fingerprint density at radius 3 is 1.41 bits per heavy atom. The van der Waals surface area contributed by atoms with E-state index in [0.717, 1.165) is 50.1 Å². The summed E-state index contributed by atoms with van der Waals surface area (Å²) in [5, 5.41) is 9.90. The molecule has 4 heteroatoms. The Kier molecular flexibility index (Phi) is 8.11. The molecule has 270 valence electrons. The van der Waals surface area contributed by atoms with Gasteiger partial charge in [0, 0.05) is 34.6 Å². The minimum atomic E-state index is 0.600. The number of nitrogens with zero attached hydrogens (tertiary/aromatic N) is 4. The molecule has 0 unspecified atom stereocenters. The predicted molar refractivity (Wildman–Crippen MR) is 240 cm³/mol. The van der Waals surface area contributed by atoms with Crippen LogP contribution in [-0.2, 0) is 0 Å². The maximum atomic E-state index is 5.25. The van der Waals surface area contributed by atoms with Crippen LogP contribution in [0.2, 0.25) is 0 Å². The van der Waals surface area contributed by atoms with Gasteiger partial charge < -0.3 is 0 Å². The van der Waals surface area contributed by atoms with Crippen LogP contribution >= 0.6 is 0 Å². The van der Waals surface area contributed by atoms with Crippen molar-refractivity contribution in [3.8, 4) is 67.5 Å². The van der Waals surface area contributed by atoms with Crippen molar-refractivity contribution >= 4 is 43.1 Å². The summed E-state index contributed by atoms with van der Waals surface area (Å²) in [6.45, 7) is 0. The zero-order chi connectivity index (χ0) is 38.4. The summed E-state index contributed by atoms with van der Waals surface area (Å²) in [6.07, 6.45) is 3.73. The van der Waals surface area contributed by atoms with Gasteiger partial charge in [-0.1, -0.05) is 158 Å². The molecule has 11 aromatic rings. The minimum absolute atomic E-state index is 0.600. The van der Waals surface area contributed by atoms with Crippen LogP contribution in [0.1, 0.15) is 0 Å². The lowest BCUT2D eigenvalue weighted by Crippen LogP contribution is -2.01. The summed E-state index contributed by atoms with van der Waals surface area (Å²) in [4.78, 5) is 20.1. The number of benzene rings is 9. The average molecular weight is 739 g/mol. The van der Waals surface area contributed by atoms with E-state index in [1.54, 1.807) is 0 Å². The van der Waals surface area contributed by atoms with Crippen molar-refractivity contribution in [1.82, 2.24) is 19.9 Å². The van der Waals surface area contributed by atoms with Crippen LogP contribution in [0.25, 0.3) is 111 Å². The second-order valence-electron chi connectivity index (χ2n) is 14.6. The second kappa shape index (κ2) is 14.0. The van der Waals surface area contributed by atoms with E-state index in [2.05, 4.69) is 169 Å². The van der Waals surface area contributed by atoms with Gasteiger partial charge in [0.05, 0.1) is 0 Å². The molecule has 0 aliphatic heterocycles. The highest BCUT2D eigenvalue weighted by molar-refractivity contribution is 6.33. The lowest BCUT2D eigenvalue weighted by Gasteiger charge is -2.17. The second-order valence-corrected chi connectivity index (χ2v) is 14.6. The van der Waals surface area contributed by atoms with E-state index < -0.39 is 0 Å². The Hall–Kier alpha value is -7.82. The summed E-state index contributed by atoms with van der Waals surface area (Å²) in [5.74, 6) is 1.83. The quantitative estimate of drug-likeness (QED) is 0.159. The highest BCUT2D eigenvalue weighted by atomic mass is 15.0. The zero-order valence-corrected chi connectivity index (χ0v) is 31.4. The average Bonchev–Trinajstić information content (AvgIpc) is 3.32. The van der Waals surface area contributed by atoms with E-state index in [9.17, 15) is 0 Å². The molecule has 2 heterocycles. The van der Waals surface area contributed by atoms with Gasteiger partial charge in [-0.2, -0.15) is 0 Å². The standard InChI is InChI=1S/C54H34N4/c1-3-15-35(16-4-1)37-19-13-20-38(29-37)53-56-52(36-17-5-2-6-18-36)57-54(58-53)42-31-40(39-21-14-28-55-34-39)30-41(32-42)49-33-50-45-24-8-7-22-43(45)44-23-9-11-26-47(44)51(50)48-27-12-10-25-46(48)49/h1-34H. The number of hydrogen-bond donors (Lipinski definition) is 0. The Labute approximate surface area is 335 Å². The summed E-state index contributed by atoms with van der Waals surface area (Å²) >= 11 is 0. The molecule has 0 N–H and O–H groups in total. The molecule has 0 bridgehead atoms. The maximum Gasteiger partial charge on any atom is 0.164 e. The molecule has 2 aromatic heterocycles. The summed E-state index contributed by atoms with van der Waals surface area (Å²) in [6, 6.07) is 68.6. The van der Waals surface area contributed by atoms with Crippen LogP contribution in [0.3, 0.4) is 0 Å². The fourth-order valence-electron chi connectivity index (χ4n) is 8.44. The Morgan fingerprint density at radius 1 is 0.259 bits per heavy atom. The van der Waals surface area contributed by atoms with Gasteiger partial charge in [0.1, 0.15) is 0 Å². The van der Waals surface area contributed by atoms with Crippen LogP contribution < -0.4 is 0 Å². The summed E-state index contributed by atoms with van der Waals surface area (Å²) in [7, 11) is 0. The lowest BCUT2D eigenvalue weighted by atomic mass is 9.86. The first-order valence-corrected chi connectivity index (χ1v) is 19.5. The van der Waals surface area contributed by atoms with Crippen LogP contribution in [0.5, 0.6) is 0 Å². The van der Waals surface area contributed by atoms with E-state index in [1.807, 2.05) is 42.7 Å². The monoisotopic (exact) mass is 738 g/mol. The highest BCUT2D eigenvalue weighted by Gasteiger charge is 2.19. The molecule has 4 nitrogen and oxygen atoms in total. The molecule has 0 radical (unpaired) electrons. The van der Waals surface area contributed by atoms with Crippen molar-refractivity contribution in [1.29, 1.82) is 0 Å². The molecule has 0 saturated carbocycles. The Morgan fingerprint density at radius 2 is 0.724 bits per heavy atom. The number of rotatable bonds is 6. The van der Waals surface area contributed by atoms with E-state index in [4.69, 9.17) is 15.0 Å². The van der Waals surface area contributed by atoms with Crippen LogP contribution in [0.4, 0.5) is 0 Å². The summed E-state index contributed by atoms with van der Waals surface area (Å²) < 4.78 is 0. The first kappa shape index (κ1) is 33.5. The van der Waals surface area contributed by atoms with Crippen molar-refractivity contribution in [2.45, 2.75) is 0 Å². The van der Waals surface area contributed by atoms with Crippen molar-refractivity contribution in [2.24, 2.45) is 0 Å². The molecule has 0 amide bonds. The number of aromatic nitrogens is 4. The molecule has 0 aliphatic carbocycles. The van der Waals surface area contributed by atoms with Crippen LogP contribution in [0, 0.1) is 0 Å². The lowest BCUT2D eigenvalue weighted by molar-refractivity contribution is 1.07. The molecule has 0 saturated heterocycles. The van der Waals surface area contributed by atoms with Crippen molar-refractivity contribution in [2.75, 3.05) is 0 Å². The Balaban J connectivity index is 1.18. The SMILES string of the molecule is c1ccc(-c2cccc(-c3nc(-c4ccccc4)nc(-c4cc(-c5cccnc5)cc(-c5cc6c7ccccc7c7ccccc7c6c6ccccc56)c4)n3)c2)cc1. The number of hydrogen-bond acceptors (Lipinski definition) is 4.